The lowest BCUT2D eigenvalue weighted by Gasteiger charge is -2.25. The predicted octanol–water partition coefficient (Wildman–Crippen LogP) is 3.70. The smallest absolute Gasteiger partial charge is 0.262 e. The fourth-order valence-corrected chi connectivity index (χ4v) is 3.81. The number of aromatic nitrogens is 1. The topological polar surface area (TPSA) is 88.6 Å². The van der Waals surface area contributed by atoms with E-state index in [1.807, 2.05) is 30.3 Å². The lowest BCUT2D eigenvalue weighted by Crippen LogP contribution is -2.48. The molecule has 1 aliphatic rings. The molecule has 1 atom stereocenters. The van der Waals surface area contributed by atoms with Crippen LogP contribution >= 0.6 is 15.9 Å². The number of hydrogen-bond acceptors (Lipinski definition) is 5. The molecule has 4 rings (SSSR count). The average molecular weight is 480 g/mol. The Balaban J connectivity index is 1.69. The SMILES string of the molecule is COc1cc(Br)cnc1NC(=O)[C@@H](Cc1ccccc1)N1C(=O)c2ccccc2C1=O. The second kappa shape index (κ2) is 8.69. The number of anilines is 1. The number of nitrogens with one attached hydrogen (secondary N) is 1. The number of ether oxygens (including phenoxy) is 1. The normalized spacial score (nSPS) is 13.7. The molecule has 0 saturated heterocycles. The van der Waals surface area contributed by atoms with E-state index in [-0.39, 0.29) is 23.4 Å². The second-order valence-electron chi connectivity index (χ2n) is 6.93. The highest BCUT2D eigenvalue weighted by Gasteiger charge is 2.42. The van der Waals surface area contributed by atoms with Crippen LogP contribution in [0.3, 0.4) is 0 Å². The third kappa shape index (κ3) is 4.06. The maximum Gasteiger partial charge on any atom is 0.262 e. The van der Waals surface area contributed by atoms with Gasteiger partial charge in [-0.05, 0) is 39.7 Å². The number of carbonyl (C=O) groups is 3. The van der Waals surface area contributed by atoms with Crippen LogP contribution in [-0.2, 0) is 11.2 Å². The van der Waals surface area contributed by atoms with Gasteiger partial charge in [0.05, 0.1) is 18.2 Å². The molecule has 0 fully saturated rings. The molecule has 8 heteroatoms. The quantitative estimate of drug-likeness (QED) is 0.544. The minimum absolute atomic E-state index is 0.164. The van der Waals surface area contributed by atoms with Crippen molar-refractivity contribution in [3.8, 4) is 5.75 Å². The van der Waals surface area contributed by atoms with Crippen molar-refractivity contribution in [1.82, 2.24) is 9.88 Å². The number of carbonyl (C=O) groups excluding carboxylic acids is 3. The molecule has 2 heterocycles. The molecule has 1 N–H and O–H groups in total. The van der Waals surface area contributed by atoms with Crippen LogP contribution in [0.15, 0.2) is 71.3 Å². The van der Waals surface area contributed by atoms with Gasteiger partial charge in [0.2, 0.25) is 5.91 Å². The fourth-order valence-electron chi connectivity index (χ4n) is 3.50. The number of methoxy groups -OCH3 is 1. The summed E-state index contributed by atoms with van der Waals surface area (Å²) in [5.74, 6) is -0.972. The Labute approximate surface area is 187 Å². The summed E-state index contributed by atoms with van der Waals surface area (Å²) in [7, 11) is 1.46. The van der Waals surface area contributed by atoms with Crippen molar-refractivity contribution in [1.29, 1.82) is 0 Å². The number of imide groups is 1. The van der Waals surface area contributed by atoms with Gasteiger partial charge in [0.15, 0.2) is 11.6 Å². The average Bonchev–Trinajstić information content (AvgIpc) is 3.04. The molecular formula is C23H18BrN3O4. The highest BCUT2D eigenvalue weighted by Crippen LogP contribution is 2.29. The van der Waals surface area contributed by atoms with Gasteiger partial charge in [-0.1, -0.05) is 42.5 Å². The van der Waals surface area contributed by atoms with Crippen molar-refractivity contribution >= 4 is 39.5 Å². The van der Waals surface area contributed by atoms with E-state index in [1.165, 1.54) is 13.3 Å². The summed E-state index contributed by atoms with van der Waals surface area (Å²) in [6.07, 6.45) is 1.68. The molecule has 7 nitrogen and oxygen atoms in total. The van der Waals surface area contributed by atoms with Crippen LogP contribution in [0.2, 0.25) is 0 Å². The van der Waals surface area contributed by atoms with E-state index < -0.39 is 23.8 Å². The van der Waals surface area contributed by atoms with Crippen LogP contribution in [0.1, 0.15) is 26.3 Å². The largest absolute Gasteiger partial charge is 0.493 e. The van der Waals surface area contributed by atoms with Crippen molar-refractivity contribution < 1.29 is 19.1 Å². The van der Waals surface area contributed by atoms with Gasteiger partial charge in [0, 0.05) is 17.1 Å². The van der Waals surface area contributed by atoms with Crippen molar-refractivity contribution in [3.05, 3.63) is 88.0 Å². The van der Waals surface area contributed by atoms with Crippen molar-refractivity contribution in [2.24, 2.45) is 0 Å². The summed E-state index contributed by atoms with van der Waals surface area (Å²) in [4.78, 5) is 44.6. The molecule has 0 spiro atoms. The Morgan fingerprint density at radius 2 is 1.68 bits per heavy atom. The van der Waals surface area contributed by atoms with Crippen LogP contribution in [0.4, 0.5) is 5.82 Å². The lowest BCUT2D eigenvalue weighted by atomic mass is 10.0. The van der Waals surface area contributed by atoms with E-state index in [0.29, 0.717) is 10.2 Å². The van der Waals surface area contributed by atoms with Gasteiger partial charge in [0.25, 0.3) is 11.8 Å². The highest BCUT2D eigenvalue weighted by atomic mass is 79.9. The van der Waals surface area contributed by atoms with Crippen molar-refractivity contribution in [2.45, 2.75) is 12.5 Å². The minimum Gasteiger partial charge on any atom is -0.493 e. The molecule has 156 valence electrons. The first-order valence-corrected chi connectivity index (χ1v) is 10.3. The Kier molecular flexibility index (Phi) is 5.81. The number of fused-ring (bicyclic) bond motifs is 1. The number of rotatable bonds is 6. The van der Waals surface area contributed by atoms with E-state index in [2.05, 4.69) is 26.2 Å². The van der Waals surface area contributed by atoms with Crippen molar-refractivity contribution in [3.63, 3.8) is 0 Å². The monoisotopic (exact) mass is 479 g/mol. The third-order valence-electron chi connectivity index (χ3n) is 4.99. The summed E-state index contributed by atoms with van der Waals surface area (Å²) in [6.45, 7) is 0. The summed E-state index contributed by atoms with van der Waals surface area (Å²) in [5.41, 5.74) is 1.39. The Bertz CT molecular complexity index is 1130. The van der Waals surface area contributed by atoms with E-state index in [0.717, 1.165) is 10.5 Å². The molecule has 1 aromatic heterocycles. The molecule has 0 unspecified atom stereocenters. The second-order valence-corrected chi connectivity index (χ2v) is 7.84. The number of hydrogen-bond donors (Lipinski definition) is 1. The Hall–Kier alpha value is -3.52. The molecule has 31 heavy (non-hydrogen) atoms. The standard InChI is InChI=1S/C23H18BrN3O4/c1-31-19-12-15(24)13-25-20(19)26-21(28)18(11-14-7-3-2-4-8-14)27-22(29)16-9-5-6-10-17(16)23(27)30/h2-10,12-13,18H,11H2,1H3,(H,25,26,28)/t18-/m1/s1. The van der Waals surface area contributed by atoms with Gasteiger partial charge >= 0.3 is 0 Å². The molecule has 0 bridgehead atoms. The first-order valence-electron chi connectivity index (χ1n) is 9.51. The summed E-state index contributed by atoms with van der Waals surface area (Å²) in [6, 6.07) is 16.4. The fraction of sp³-hybridized carbons (Fsp3) is 0.130. The van der Waals surface area contributed by atoms with Crippen LogP contribution in [0, 0.1) is 0 Å². The van der Waals surface area contributed by atoms with Gasteiger partial charge in [-0.15, -0.1) is 0 Å². The number of pyridine rings is 1. The zero-order valence-corrected chi connectivity index (χ0v) is 18.1. The van der Waals surface area contributed by atoms with Crippen LogP contribution in [0.5, 0.6) is 5.75 Å². The van der Waals surface area contributed by atoms with Gasteiger partial charge < -0.3 is 10.1 Å². The molecule has 3 aromatic rings. The van der Waals surface area contributed by atoms with Gasteiger partial charge in [-0.2, -0.15) is 0 Å². The van der Waals surface area contributed by atoms with Crippen LogP contribution < -0.4 is 10.1 Å². The number of halogens is 1. The third-order valence-corrected chi connectivity index (χ3v) is 5.43. The molecular weight excluding hydrogens is 462 g/mol. The lowest BCUT2D eigenvalue weighted by molar-refractivity contribution is -0.120. The molecule has 1 aliphatic heterocycles. The van der Waals surface area contributed by atoms with Gasteiger partial charge in [0.1, 0.15) is 6.04 Å². The molecule has 0 aliphatic carbocycles. The first-order chi connectivity index (χ1) is 15.0. The van der Waals surface area contributed by atoms with Gasteiger partial charge in [-0.3, -0.25) is 19.3 Å². The van der Waals surface area contributed by atoms with Crippen molar-refractivity contribution in [2.75, 3.05) is 12.4 Å². The van der Waals surface area contributed by atoms with E-state index in [9.17, 15) is 14.4 Å². The number of amides is 3. The molecule has 2 aromatic carbocycles. The first kappa shape index (κ1) is 20.7. The van der Waals surface area contributed by atoms with Gasteiger partial charge in [-0.25, -0.2) is 4.98 Å². The zero-order chi connectivity index (χ0) is 22.0. The van der Waals surface area contributed by atoms with E-state index in [4.69, 9.17) is 4.74 Å². The Morgan fingerprint density at radius 3 is 2.29 bits per heavy atom. The summed E-state index contributed by atoms with van der Waals surface area (Å²) >= 11 is 3.31. The minimum atomic E-state index is -1.06. The summed E-state index contributed by atoms with van der Waals surface area (Å²) in [5, 5.41) is 2.71. The molecule has 3 amide bonds. The highest BCUT2D eigenvalue weighted by molar-refractivity contribution is 9.10. The number of benzene rings is 2. The maximum absolute atomic E-state index is 13.3. The Morgan fingerprint density at radius 1 is 1.06 bits per heavy atom. The predicted molar refractivity (Wildman–Crippen MR) is 118 cm³/mol. The number of nitrogens with zero attached hydrogens (tertiary/aromatic N) is 2. The molecule has 0 radical (unpaired) electrons. The van der Waals surface area contributed by atoms with E-state index >= 15 is 0 Å². The van der Waals surface area contributed by atoms with E-state index in [1.54, 1.807) is 30.3 Å². The molecule has 0 saturated carbocycles. The maximum atomic E-state index is 13.3. The van der Waals surface area contributed by atoms with Crippen LogP contribution in [-0.4, -0.2) is 40.8 Å². The van der Waals surface area contributed by atoms with Crippen LogP contribution in [0.25, 0.3) is 0 Å². The zero-order valence-electron chi connectivity index (χ0n) is 16.5. The summed E-state index contributed by atoms with van der Waals surface area (Å²) < 4.78 is 5.97.